The second-order valence-corrected chi connectivity index (χ2v) is 6.05. The standard InChI is InChI=1S/C19H20N2O3/c1-12-6-7-15-9-16(19(23)20-18(15)13(12)2)10-21(14(3)22)11-17-5-4-8-24-17/h4-9H,10-11H2,1-3H3,(H,20,23). The van der Waals surface area contributed by atoms with Gasteiger partial charge in [0.25, 0.3) is 5.56 Å². The number of fused-ring (bicyclic) bond motifs is 1. The van der Waals surface area contributed by atoms with Crippen molar-refractivity contribution in [2.24, 2.45) is 0 Å². The van der Waals surface area contributed by atoms with Gasteiger partial charge in [0.2, 0.25) is 5.91 Å². The minimum atomic E-state index is -0.165. The second kappa shape index (κ2) is 6.35. The molecular weight excluding hydrogens is 304 g/mol. The van der Waals surface area contributed by atoms with Crippen LogP contribution in [-0.4, -0.2) is 15.8 Å². The van der Waals surface area contributed by atoms with Crippen molar-refractivity contribution in [1.82, 2.24) is 9.88 Å². The molecule has 2 aromatic heterocycles. The summed E-state index contributed by atoms with van der Waals surface area (Å²) >= 11 is 0. The molecule has 0 unspecified atom stereocenters. The summed E-state index contributed by atoms with van der Waals surface area (Å²) in [7, 11) is 0. The number of pyridine rings is 1. The van der Waals surface area contributed by atoms with Gasteiger partial charge in [-0.05, 0) is 48.6 Å². The summed E-state index contributed by atoms with van der Waals surface area (Å²) in [5.41, 5.74) is 3.45. The fourth-order valence-corrected chi connectivity index (χ4v) is 2.76. The van der Waals surface area contributed by atoms with E-state index in [0.717, 1.165) is 22.0 Å². The summed E-state index contributed by atoms with van der Waals surface area (Å²) < 4.78 is 5.30. The SMILES string of the molecule is CC(=O)N(Cc1ccco1)Cc1cc2ccc(C)c(C)c2[nH]c1=O. The maximum Gasteiger partial charge on any atom is 0.253 e. The topological polar surface area (TPSA) is 66.3 Å². The van der Waals surface area contributed by atoms with E-state index in [-0.39, 0.29) is 18.0 Å². The highest BCUT2D eigenvalue weighted by molar-refractivity contribution is 5.83. The van der Waals surface area contributed by atoms with E-state index in [1.165, 1.54) is 6.92 Å². The van der Waals surface area contributed by atoms with Crippen molar-refractivity contribution >= 4 is 16.8 Å². The Labute approximate surface area is 139 Å². The van der Waals surface area contributed by atoms with Crippen LogP contribution in [0.4, 0.5) is 0 Å². The molecule has 0 spiro atoms. The number of nitrogens with zero attached hydrogens (tertiary/aromatic N) is 1. The Kier molecular flexibility index (Phi) is 4.25. The molecule has 2 heterocycles. The highest BCUT2D eigenvalue weighted by Crippen LogP contribution is 2.19. The quantitative estimate of drug-likeness (QED) is 0.801. The maximum atomic E-state index is 12.4. The van der Waals surface area contributed by atoms with Gasteiger partial charge in [-0.3, -0.25) is 9.59 Å². The summed E-state index contributed by atoms with van der Waals surface area (Å²) in [6.07, 6.45) is 1.57. The lowest BCUT2D eigenvalue weighted by Crippen LogP contribution is -2.30. The third-order valence-corrected chi connectivity index (χ3v) is 4.36. The van der Waals surface area contributed by atoms with Crippen LogP contribution in [0.1, 0.15) is 29.4 Å². The Morgan fingerprint density at radius 3 is 2.67 bits per heavy atom. The first-order valence-electron chi connectivity index (χ1n) is 7.85. The second-order valence-electron chi connectivity index (χ2n) is 6.05. The number of hydrogen-bond acceptors (Lipinski definition) is 3. The smallest absolute Gasteiger partial charge is 0.253 e. The van der Waals surface area contributed by atoms with Gasteiger partial charge in [0.05, 0.1) is 24.9 Å². The zero-order valence-corrected chi connectivity index (χ0v) is 14.1. The van der Waals surface area contributed by atoms with E-state index in [2.05, 4.69) is 4.98 Å². The van der Waals surface area contributed by atoms with Crippen molar-refractivity contribution < 1.29 is 9.21 Å². The molecule has 0 aliphatic carbocycles. The van der Waals surface area contributed by atoms with Gasteiger partial charge in [-0.2, -0.15) is 0 Å². The first-order valence-corrected chi connectivity index (χ1v) is 7.85. The van der Waals surface area contributed by atoms with Gasteiger partial charge in [0, 0.05) is 12.5 Å². The van der Waals surface area contributed by atoms with Crippen LogP contribution in [-0.2, 0) is 17.9 Å². The third-order valence-electron chi connectivity index (χ3n) is 4.36. The zero-order chi connectivity index (χ0) is 17.3. The molecule has 3 rings (SSSR count). The van der Waals surface area contributed by atoms with Crippen molar-refractivity contribution in [3.05, 3.63) is 69.4 Å². The average Bonchev–Trinajstić information content (AvgIpc) is 3.05. The number of hydrogen-bond donors (Lipinski definition) is 1. The Morgan fingerprint density at radius 2 is 2.00 bits per heavy atom. The van der Waals surface area contributed by atoms with Crippen molar-refractivity contribution in [3.63, 3.8) is 0 Å². The molecule has 5 nitrogen and oxygen atoms in total. The minimum absolute atomic E-state index is 0.106. The lowest BCUT2D eigenvalue weighted by molar-refractivity contribution is -0.130. The summed E-state index contributed by atoms with van der Waals surface area (Å²) in [6.45, 7) is 6.08. The van der Waals surface area contributed by atoms with E-state index >= 15 is 0 Å². The Hall–Kier alpha value is -2.82. The fourth-order valence-electron chi connectivity index (χ4n) is 2.76. The van der Waals surface area contributed by atoms with Crippen molar-refractivity contribution in [2.75, 3.05) is 0 Å². The van der Waals surface area contributed by atoms with Gasteiger partial charge in [0.15, 0.2) is 0 Å². The fraction of sp³-hybridized carbons (Fsp3) is 0.263. The van der Waals surface area contributed by atoms with E-state index in [9.17, 15) is 9.59 Å². The molecule has 24 heavy (non-hydrogen) atoms. The van der Waals surface area contributed by atoms with Gasteiger partial charge in [-0.15, -0.1) is 0 Å². The van der Waals surface area contributed by atoms with Crippen LogP contribution in [0.15, 0.2) is 45.8 Å². The number of aryl methyl sites for hydroxylation is 2. The molecule has 1 N–H and O–H groups in total. The van der Waals surface area contributed by atoms with Crippen LogP contribution in [0.2, 0.25) is 0 Å². The van der Waals surface area contributed by atoms with Crippen molar-refractivity contribution in [1.29, 1.82) is 0 Å². The number of nitrogens with one attached hydrogen (secondary N) is 1. The number of H-pyrrole nitrogens is 1. The van der Waals surface area contributed by atoms with Crippen LogP contribution < -0.4 is 5.56 Å². The highest BCUT2D eigenvalue weighted by atomic mass is 16.3. The van der Waals surface area contributed by atoms with Gasteiger partial charge in [-0.25, -0.2) is 0 Å². The number of amides is 1. The number of aromatic amines is 1. The normalized spacial score (nSPS) is 11.0. The molecule has 0 saturated heterocycles. The summed E-state index contributed by atoms with van der Waals surface area (Å²) in [6, 6.07) is 9.47. The molecule has 124 valence electrons. The first kappa shape index (κ1) is 16.1. The molecule has 0 radical (unpaired) electrons. The van der Waals surface area contributed by atoms with Crippen LogP contribution >= 0.6 is 0 Å². The van der Waals surface area contributed by atoms with Crippen LogP contribution in [0.5, 0.6) is 0 Å². The van der Waals surface area contributed by atoms with Gasteiger partial charge in [-0.1, -0.05) is 12.1 Å². The molecule has 0 bridgehead atoms. The number of benzene rings is 1. The largest absolute Gasteiger partial charge is 0.467 e. The molecule has 1 amide bonds. The van der Waals surface area contributed by atoms with Crippen molar-refractivity contribution in [3.8, 4) is 0 Å². The Morgan fingerprint density at radius 1 is 1.21 bits per heavy atom. The van der Waals surface area contributed by atoms with Crippen LogP contribution in [0.3, 0.4) is 0 Å². The van der Waals surface area contributed by atoms with E-state index in [1.54, 1.807) is 17.2 Å². The summed E-state index contributed by atoms with van der Waals surface area (Å²) in [5, 5.41) is 0.967. The molecule has 1 aromatic carbocycles. The lowest BCUT2D eigenvalue weighted by Gasteiger charge is -2.20. The molecule has 0 fully saturated rings. The molecule has 0 atom stereocenters. The van der Waals surface area contributed by atoms with Crippen LogP contribution in [0, 0.1) is 13.8 Å². The molecule has 5 heteroatoms. The van der Waals surface area contributed by atoms with Crippen molar-refractivity contribution in [2.45, 2.75) is 33.9 Å². The van der Waals surface area contributed by atoms with E-state index in [4.69, 9.17) is 4.42 Å². The number of aromatic nitrogens is 1. The zero-order valence-electron chi connectivity index (χ0n) is 14.1. The minimum Gasteiger partial charge on any atom is -0.467 e. The Balaban J connectivity index is 1.96. The van der Waals surface area contributed by atoms with Gasteiger partial charge in [0.1, 0.15) is 5.76 Å². The monoisotopic (exact) mass is 324 g/mol. The summed E-state index contributed by atoms with van der Waals surface area (Å²) in [5.74, 6) is 0.583. The van der Waals surface area contributed by atoms with Gasteiger partial charge >= 0.3 is 0 Å². The molecular formula is C19H20N2O3. The number of carbonyl (C=O) groups excluding carboxylic acids is 1. The van der Waals surface area contributed by atoms with Gasteiger partial charge < -0.3 is 14.3 Å². The average molecular weight is 324 g/mol. The van der Waals surface area contributed by atoms with E-state index < -0.39 is 0 Å². The lowest BCUT2D eigenvalue weighted by atomic mass is 10.0. The van der Waals surface area contributed by atoms with Crippen LogP contribution in [0.25, 0.3) is 10.9 Å². The summed E-state index contributed by atoms with van der Waals surface area (Å²) in [4.78, 5) is 28.9. The number of carbonyl (C=O) groups is 1. The molecule has 3 aromatic rings. The maximum absolute atomic E-state index is 12.4. The number of furan rings is 1. The highest BCUT2D eigenvalue weighted by Gasteiger charge is 2.15. The van der Waals surface area contributed by atoms with E-state index in [1.807, 2.05) is 38.1 Å². The molecule has 0 aliphatic heterocycles. The molecule has 0 aliphatic rings. The number of rotatable bonds is 4. The first-order chi connectivity index (χ1) is 11.5. The third kappa shape index (κ3) is 3.11. The predicted octanol–water partition coefficient (Wildman–Crippen LogP) is 3.29. The van der Waals surface area contributed by atoms with E-state index in [0.29, 0.717) is 17.9 Å². The predicted molar refractivity (Wildman–Crippen MR) is 92.7 cm³/mol. The Bertz CT molecular complexity index is 939. The molecule has 0 saturated carbocycles.